The molecule has 0 saturated heterocycles. The first-order valence-electron chi connectivity index (χ1n) is 4.14. The molecule has 0 heterocycles. The number of hydrogen-bond donors (Lipinski definition) is 2. The fourth-order valence-corrected chi connectivity index (χ4v) is 1.02. The Bertz CT molecular complexity index is 392. The summed E-state index contributed by atoms with van der Waals surface area (Å²) in [6, 6.07) is 3.70. The molecule has 80 valence electrons. The fourth-order valence-electron chi connectivity index (χ4n) is 1.02. The number of Topliss-reactive ketones (excluding diaryl/α,β-unsaturated/α-hetero) is 1. The molecule has 0 spiro atoms. The number of nitrogens with zero attached hydrogens (tertiary/aromatic N) is 2. The normalized spacial score (nSPS) is 9.67. The van der Waals surface area contributed by atoms with Crippen molar-refractivity contribution in [1.82, 2.24) is 5.01 Å². The van der Waals surface area contributed by atoms with Crippen LogP contribution < -0.4 is 0 Å². The predicted octanol–water partition coefficient (Wildman–Crippen LogP) is 0.894. The van der Waals surface area contributed by atoms with Crippen LogP contribution in [0.3, 0.4) is 0 Å². The highest BCUT2D eigenvalue weighted by Gasteiger charge is 2.10. The van der Waals surface area contributed by atoms with Gasteiger partial charge in [-0.3, -0.25) is 9.80 Å². The first-order valence-corrected chi connectivity index (χ1v) is 4.14. The van der Waals surface area contributed by atoms with Gasteiger partial charge in [0.2, 0.25) is 0 Å². The maximum atomic E-state index is 11.4. The maximum absolute atomic E-state index is 11.4. The zero-order valence-corrected chi connectivity index (χ0v) is 8.04. The van der Waals surface area contributed by atoms with Crippen LogP contribution in [0, 0.1) is 4.91 Å². The summed E-state index contributed by atoms with van der Waals surface area (Å²) >= 11 is 0. The summed E-state index contributed by atoms with van der Waals surface area (Å²) < 4.78 is 0. The Morgan fingerprint density at radius 3 is 2.60 bits per heavy atom. The highest BCUT2D eigenvalue weighted by molar-refractivity contribution is 5.98. The molecule has 1 aromatic carbocycles. The van der Waals surface area contributed by atoms with E-state index in [1.54, 1.807) is 0 Å². The molecule has 6 heteroatoms. The predicted molar refractivity (Wildman–Crippen MR) is 52.5 cm³/mol. The SMILES string of the molecule is CN(CC(=O)c1ccc(O)c(O)c1)N=O. The lowest BCUT2D eigenvalue weighted by molar-refractivity contribution is 0.0947. The van der Waals surface area contributed by atoms with Crippen molar-refractivity contribution < 1.29 is 15.0 Å². The van der Waals surface area contributed by atoms with Crippen LogP contribution >= 0.6 is 0 Å². The summed E-state index contributed by atoms with van der Waals surface area (Å²) in [7, 11) is 1.37. The van der Waals surface area contributed by atoms with E-state index in [0.29, 0.717) is 0 Å². The minimum atomic E-state index is -0.373. The van der Waals surface area contributed by atoms with E-state index >= 15 is 0 Å². The number of carbonyl (C=O) groups is 1. The molecular formula is C9H10N2O4. The fraction of sp³-hybridized carbons (Fsp3) is 0.222. The zero-order valence-electron chi connectivity index (χ0n) is 8.04. The number of hydrogen-bond acceptors (Lipinski definition) is 5. The van der Waals surface area contributed by atoms with Crippen molar-refractivity contribution in [2.45, 2.75) is 0 Å². The Kier molecular flexibility index (Phi) is 3.22. The van der Waals surface area contributed by atoms with Gasteiger partial charge in [-0.05, 0) is 18.2 Å². The van der Waals surface area contributed by atoms with E-state index in [4.69, 9.17) is 10.2 Å². The average molecular weight is 210 g/mol. The minimum Gasteiger partial charge on any atom is -0.504 e. The van der Waals surface area contributed by atoms with Crippen molar-refractivity contribution in [3.63, 3.8) is 0 Å². The van der Waals surface area contributed by atoms with Crippen molar-refractivity contribution in [3.8, 4) is 11.5 Å². The molecule has 6 nitrogen and oxygen atoms in total. The quantitative estimate of drug-likeness (QED) is 0.333. The number of phenols is 2. The zero-order chi connectivity index (χ0) is 11.4. The van der Waals surface area contributed by atoms with Crippen LogP contribution in [0.15, 0.2) is 23.5 Å². The van der Waals surface area contributed by atoms with Crippen LogP contribution in [-0.4, -0.2) is 34.6 Å². The molecular weight excluding hydrogens is 200 g/mol. The van der Waals surface area contributed by atoms with E-state index in [1.165, 1.54) is 19.2 Å². The number of ketones is 1. The van der Waals surface area contributed by atoms with Crippen molar-refractivity contribution in [2.24, 2.45) is 5.29 Å². The van der Waals surface area contributed by atoms with Gasteiger partial charge < -0.3 is 10.2 Å². The molecule has 0 bridgehead atoms. The molecule has 1 aromatic rings. The van der Waals surface area contributed by atoms with Gasteiger partial charge >= 0.3 is 0 Å². The van der Waals surface area contributed by atoms with Crippen molar-refractivity contribution in [1.29, 1.82) is 0 Å². The number of aromatic hydroxyl groups is 2. The first kappa shape index (κ1) is 11.0. The van der Waals surface area contributed by atoms with Gasteiger partial charge in [-0.15, -0.1) is 4.91 Å². The van der Waals surface area contributed by atoms with E-state index in [2.05, 4.69) is 5.29 Å². The maximum Gasteiger partial charge on any atom is 0.184 e. The summed E-state index contributed by atoms with van der Waals surface area (Å²) in [6.45, 7) is -0.173. The van der Waals surface area contributed by atoms with E-state index in [1.807, 2.05) is 0 Å². The molecule has 0 radical (unpaired) electrons. The van der Waals surface area contributed by atoms with Gasteiger partial charge in [0, 0.05) is 12.6 Å². The summed E-state index contributed by atoms with van der Waals surface area (Å²) in [5, 5.41) is 21.6. The topological polar surface area (TPSA) is 90.2 Å². The van der Waals surface area contributed by atoms with Crippen molar-refractivity contribution >= 4 is 5.78 Å². The van der Waals surface area contributed by atoms with Gasteiger partial charge in [0.25, 0.3) is 0 Å². The molecule has 0 aliphatic carbocycles. The molecule has 2 N–H and O–H groups in total. The second-order valence-corrected chi connectivity index (χ2v) is 3.02. The highest BCUT2D eigenvalue weighted by atomic mass is 16.3. The minimum absolute atomic E-state index is 0.173. The third kappa shape index (κ3) is 2.67. The van der Waals surface area contributed by atoms with E-state index < -0.39 is 0 Å². The van der Waals surface area contributed by atoms with E-state index in [9.17, 15) is 9.70 Å². The summed E-state index contributed by atoms with van der Waals surface area (Å²) in [6.07, 6.45) is 0. The van der Waals surface area contributed by atoms with Crippen LogP contribution in [-0.2, 0) is 0 Å². The molecule has 0 atom stereocenters. The van der Waals surface area contributed by atoms with Crippen LogP contribution in [0.2, 0.25) is 0 Å². The Morgan fingerprint density at radius 1 is 1.40 bits per heavy atom. The number of benzene rings is 1. The number of nitroso groups, excluding NO2 is 1. The smallest absolute Gasteiger partial charge is 0.184 e. The number of phenolic OH excluding ortho intramolecular Hbond substituents is 2. The number of carbonyl (C=O) groups excluding carboxylic acids is 1. The summed E-state index contributed by atoms with van der Waals surface area (Å²) in [5.74, 6) is -1.04. The molecule has 15 heavy (non-hydrogen) atoms. The van der Waals surface area contributed by atoms with Gasteiger partial charge in [-0.1, -0.05) is 0 Å². The molecule has 1 rings (SSSR count). The first-order chi connectivity index (χ1) is 7.04. The lowest BCUT2D eigenvalue weighted by Gasteiger charge is -2.07. The molecule has 0 aliphatic rings. The monoisotopic (exact) mass is 210 g/mol. The van der Waals surface area contributed by atoms with Crippen LogP contribution in [0.5, 0.6) is 11.5 Å². The molecule has 0 saturated carbocycles. The third-order valence-corrected chi connectivity index (χ3v) is 1.81. The van der Waals surface area contributed by atoms with Gasteiger partial charge in [0.05, 0.1) is 5.29 Å². The lowest BCUT2D eigenvalue weighted by atomic mass is 10.1. The van der Waals surface area contributed by atoms with Crippen molar-refractivity contribution in [2.75, 3.05) is 13.6 Å². The Balaban J connectivity index is 2.83. The standard InChI is InChI=1S/C9H10N2O4/c1-11(10-15)5-9(14)6-2-3-7(12)8(13)4-6/h2-4,12-13H,5H2,1H3. The average Bonchev–Trinajstić information content (AvgIpc) is 2.21. The van der Waals surface area contributed by atoms with E-state index in [-0.39, 0.29) is 29.4 Å². The summed E-state index contributed by atoms with van der Waals surface area (Å²) in [5.41, 5.74) is 0.209. The number of likely N-dealkylation sites (N-methyl/N-ethyl adjacent to an activating group) is 1. The van der Waals surface area contributed by atoms with Crippen LogP contribution in [0.4, 0.5) is 0 Å². The molecule has 0 unspecified atom stereocenters. The largest absolute Gasteiger partial charge is 0.504 e. The van der Waals surface area contributed by atoms with Crippen molar-refractivity contribution in [3.05, 3.63) is 28.7 Å². The Hall–Kier alpha value is -2.11. The van der Waals surface area contributed by atoms with Gasteiger partial charge in [0.1, 0.15) is 6.54 Å². The Morgan fingerprint density at radius 2 is 2.07 bits per heavy atom. The second-order valence-electron chi connectivity index (χ2n) is 3.02. The molecule has 0 fully saturated rings. The Labute approximate surface area is 85.7 Å². The highest BCUT2D eigenvalue weighted by Crippen LogP contribution is 2.24. The second kappa shape index (κ2) is 4.41. The number of rotatable bonds is 4. The molecule has 0 amide bonds. The molecule has 0 aliphatic heterocycles. The van der Waals surface area contributed by atoms with Gasteiger partial charge in [-0.2, -0.15) is 0 Å². The molecule has 0 aromatic heterocycles. The van der Waals surface area contributed by atoms with Crippen LogP contribution in [0.25, 0.3) is 0 Å². The van der Waals surface area contributed by atoms with Crippen LogP contribution in [0.1, 0.15) is 10.4 Å². The van der Waals surface area contributed by atoms with Gasteiger partial charge in [0.15, 0.2) is 17.3 Å². The lowest BCUT2D eigenvalue weighted by Crippen LogP contribution is -2.20. The third-order valence-electron chi connectivity index (χ3n) is 1.81. The summed E-state index contributed by atoms with van der Waals surface area (Å²) in [4.78, 5) is 21.5. The van der Waals surface area contributed by atoms with Gasteiger partial charge in [-0.25, -0.2) is 0 Å². The van der Waals surface area contributed by atoms with E-state index in [0.717, 1.165) is 11.1 Å².